The molecule has 2 rings (SSSR count). The summed E-state index contributed by atoms with van der Waals surface area (Å²) in [5.74, 6) is 1.23. The van der Waals surface area contributed by atoms with E-state index < -0.39 is 0 Å². The molecule has 114 valence electrons. The van der Waals surface area contributed by atoms with Gasteiger partial charge in [-0.1, -0.05) is 6.92 Å². The molecule has 1 unspecified atom stereocenters. The van der Waals surface area contributed by atoms with Crippen molar-refractivity contribution in [1.29, 1.82) is 0 Å². The van der Waals surface area contributed by atoms with Crippen LogP contribution >= 0.6 is 11.8 Å². The molecule has 0 aromatic rings. The van der Waals surface area contributed by atoms with Gasteiger partial charge in [0.1, 0.15) is 6.54 Å². The van der Waals surface area contributed by atoms with E-state index >= 15 is 0 Å². The van der Waals surface area contributed by atoms with Crippen molar-refractivity contribution in [2.75, 3.05) is 50.9 Å². The Morgan fingerprint density at radius 3 is 2.60 bits per heavy atom. The molecule has 0 aliphatic carbocycles. The van der Waals surface area contributed by atoms with Crippen LogP contribution in [0.5, 0.6) is 0 Å². The molecule has 0 saturated carbocycles. The van der Waals surface area contributed by atoms with Crippen LogP contribution in [0.4, 0.5) is 0 Å². The van der Waals surface area contributed by atoms with Gasteiger partial charge in [-0.05, 0) is 6.42 Å². The molecule has 0 radical (unpaired) electrons. The van der Waals surface area contributed by atoms with Crippen LogP contribution in [0.1, 0.15) is 13.3 Å². The lowest BCUT2D eigenvalue weighted by atomic mass is 10.2. The zero-order chi connectivity index (χ0) is 14.5. The Kier molecular flexibility index (Phi) is 5.68. The number of thioether (sulfide) groups is 1. The Labute approximate surface area is 124 Å². The Balaban J connectivity index is 1.73. The molecule has 2 saturated heterocycles. The lowest BCUT2D eigenvalue weighted by Crippen LogP contribution is -2.52. The molecule has 6 nitrogen and oxygen atoms in total. The summed E-state index contributed by atoms with van der Waals surface area (Å²) < 4.78 is 0. The highest BCUT2D eigenvalue weighted by atomic mass is 32.2. The Morgan fingerprint density at radius 1 is 1.35 bits per heavy atom. The summed E-state index contributed by atoms with van der Waals surface area (Å²) in [5.41, 5.74) is 0. The minimum atomic E-state index is -0.281. The first-order valence-corrected chi connectivity index (χ1v) is 8.29. The van der Waals surface area contributed by atoms with Crippen molar-refractivity contribution in [2.24, 2.45) is 0 Å². The summed E-state index contributed by atoms with van der Waals surface area (Å²) in [6.45, 7) is 5.82. The van der Waals surface area contributed by atoms with Crippen molar-refractivity contribution in [3.8, 4) is 0 Å². The smallest absolute Gasteiger partial charge is 0.242 e. The quantitative estimate of drug-likeness (QED) is 0.737. The van der Waals surface area contributed by atoms with E-state index in [9.17, 15) is 14.7 Å². The van der Waals surface area contributed by atoms with E-state index in [-0.39, 0.29) is 24.5 Å². The zero-order valence-electron chi connectivity index (χ0n) is 12.0. The predicted octanol–water partition coefficient (Wildman–Crippen LogP) is -0.566. The number of rotatable bonds is 5. The van der Waals surface area contributed by atoms with Crippen molar-refractivity contribution in [3.63, 3.8) is 0 Å². The van der Waals surface area contributed by atoms with Gasteiger partial charge in [-0.15, -0.1) is 11.8 Å². The zero-order valence-corrected chi connectivity index (χ0v) is 12.8. The summed E-state index contributed by atoms with van der Waals surface area (Å²) in [6.07, 6.45) is 0.477. The number of aliphatic hydroxyl groups excluding tert-OH is 1. The molecule has 2 fully saturated rings. The lowest BCUT2D eigenvalue weighted by molar-refractivity contribution is -0.139. The number of hydrogen-bond acceptors (Lipinski definition) is 5. The van der Waals surface area contributed by atoms with Crippen LogP contribution < -0.4 is 0 Å². The number of carbonyl (C=O) groups excluding carboxylic acids is 2. The molecule has 1 atom stereocenters. The number of β-amino-alcohol motifs (C(OH)–C–C–N with tert-alkyl or cyclic N) is 1. The van der Waals surface area contributed by atoms with Crippen molar-refractivity contribution in [1.82, 2.24) is 14.7 Å². The molecule has 20 heavy (non-hydrogen) atoms. The van der Waals surface area contributed by atoms with E-state index in [1.165, 1.54) is 0 Å². The summed E-state index contributed by atoms with van der Waals surface area (Å²) in [6, 6.07) is 0. The van der Waals surface area contributed by atoms with Crippen molar-refractivity contribution in [3.05, 3.63) is 0 Å². The van der Waals surface area contributed by atoms with Crippen molar-refractivity contribution in [2.45, 2.75) is 19.4 Å². The summed E-state index contributed by atoms with van der Waals surface area (Å²) in [4.78, 5) is 29.3. The number of aliphatic hydroxyl groups is 1. The van der Waals surface area contributed by atoms with Crippen LogP contribution in [-0.2, 0) is 9.59 Å². The Morgan fingerprint density at radius 2 is 2.05 bits per heavy atom. The third kappa shape index (κ3) is 4.10. The molecule has 0 spiro atoms. The fraction of sp³-hybridized carbons (Fsp3) is 0.846. The minimum Gasteiger partial charge on any atom is -0.392 e. The van der Waals surface area contributed by atoms with Crippen LogP contribution in [-0.4, -0.2) is 88.6 Å². The first-order chi connectivity index (χ1) is 9.60. The normalized spacial score (nSPS) is 22.4. The predicted molar refractivity (Wildman–Crippen MR) is 78.4 cm³/mol. The van der Waals surface area contributed by atoms with Gasteiger partial charge in [0.15, 0.2) is 0 Å². The second kappa shape index (κ2) is 7.28. The second-order valence-corrected chi connectivity index (χ2v) is 6.27. The summed E-state index contributed by atoms with van der Waals surface area (Å²) >= 11 is 1.56. The number of nitrogens with zero attached hydrogens (tertiary/aromatic N) is 3. The van der Waals surface area contributed by atoms with E-state index in [4.69, 9.17) is 0 Å². The van der Waals surface area contributed by atoms with E-state index in [1.807, 2.05) is 11.8 Å². The van der Waals surface area contributed by atoms with Crippen molar-refractivity contribution < 1.29 is 14.7 Å². The van der Waals surface area contributed by atoms with E-state index in [2.05, 4.69) is 4.90 Å². The van der Waals surface area contributed by atoms with Crippen molar-refractivity contribution >= 4 is 23.6 Å². The van der Waals surface area contributed by atoms with Gasteiger partial charge in [-0.25, -0.2) is 0 Å². The summed E-state index contributed by atoms with van der Waals surface area (Å²) in [7, 11) is 0. The monoisotopic (exact) mass is 301 g/mol. The van der Waals surface area contributed by atoms with Gasteiger partial charge in [-0.2, -0.15) is 0 Å². The van der Waals surface area contributed by atoms with Gasteiger partial charge in [0, 0.05) is 32.7 Å². The Hall–Kier alpha value is -0.790. The third-order valence-corrected chi connectivity index (χ3v) is 4.76. The maximum absolute atomic E-state index is 12.1. The molecule has 0 aromatic heterocycles. The van der Waals surface area contributed by atoms with Gasteiger partial charge < -0.3 is 14.9 Å². The molecular formula is C13H23N3O3S. The number of carbonyl (C=O) groups is 2. The number of hydrogen-bond donors (Lipinski definition) is 1. The maximum atomic E-state index is 12.1. The van der Waals surface area contributed by atoms with Crippen LogP contribution in [0.25, 0.3) is 0 Å². The SMILES string of the molecule is CCC(O)CN1CCN(C(=O)CN2CSCC2=O)CC1. The van der Waals surface area contributed by atoms with Crippen LogP contribution in [0.15, 0.2) is 0 Å². The van der Waals surface area contributed by atoms with E-state index in [0.29, 0.717) is 31.3 Å². The molecule has 2 heterocycles. The number of piperazine rings is 1. The van der Waals surface area contributed by atoms with Crippen LogP contribution in [0.3, 0.4) is 0 Å². The molecule has 1 N–H and O–H groups in total. The van der Waals surface area contributed by atoms with E-state index in [0.717, 1.165) is 19.5 Å². The molecule has 0 bridgehead atoms. The van der Waals surface area contributed by atoms with Gasteiger partial charge in [0.25, 0.3) is 0 Å². The fourth-order valence-electron chi connectivity index (χ4n) is 2.41. The standard InChI is InChI=1S/C13H23N3O3S/c1-2-11(17)7-14-3-5-15(6-4-14)12(18)8-16-10-20-9-13(16)19/h11,17H,2-10H2,1H3. The average Bonchev–Trinajstić information content (AvgIpc) is 2.85. The van der Waals surface area contributed by atoms with Gasteiger partial charge in [0.2, 0.25) is 11.8 Å². The van der Waals surface area contributed by atoms with E-state index in [1.54, 1.807) is 16.7 Å². The molecule has 2 aliphatic heterocycles. The fourth-order valence-corrected chi connectivity index (χ4v) is 3.31. The summed E-state index contributed by atoms with van der Waals surface area (Å²) in [5, 5.41) is 9.64. The topological polar surface area (TPSA) is 64.1 Å². The molecule has 0 aromatic carbocycles. The highest BCUT2D eigenvalue weighted by Crippen LogP contribution is 2.15. The van der Waals surface area contributed by atoms with Gasteiger partial charge in [0.05, 0.1) is 17.7 Å². The first-order valence-electron chi connectivity index (χ1n) is 7.14. The number of amides is 2. The first kappa shape index (κ1) is 15.6. The largest absolute Gasteiger partial charge is 0.392 e. The maximum Gasteiger partial charge on any atom is 0.242 e. The van der Waals surface area contributed by atoms with Crippen LogP contribution in [0, 0.1) is 0 Å². The average molecular weight is 301 g/mol. The molecular weight excluding hydrogens is 278 g/mol. The molecule has 2 aliphatic rings. The lowest BCUT2D eigenvalue weighted by Gasteiger charge is -2.36. The highest BCUT2D eigenvalue weighted by molar-refractivity contribution is 8.00. The Bertz CT molecular complexity index is 359. The van der Waals surface area contributed by atoms with Crippen LogP contribution in [0.2, 0.25) is 0 Å². The highest BCUT2D eigenvalue weighted by Gasteiger charge is 2.27. The van der Waals surface area contributed by atoms with Gasteiger partial charge in [-0.3, -0.25) is 14.5 Å². The molecule has 7 heteroatoms. The van der Waals surface area contributed by atoms with Gasteiger partial charge >= 0.3 is 0 Å². The second-order valence-electron chi connectivity index (χ2n) is 5.31. The third-order valence-electron chi connectivity index (χ3n) is 3.82. The minimum absolute atomic E-state index is 0.0385. The molecule has 2 amide bonds.